The van der Waals surface area contributed by atoms with Crippen LogP contribution in [0.15, 0.2) is 12.2 Å². The molecule has 0 radical (unpaired) electrons. The third-order valence-electron chi connectivity index (χ3n) is 4.72. The van der Waals surface area contributed by atoms with Gasteiger partial charge in [0, 0.05) is 6.54 Å². The molecule has 1 atom stereocenters. The highest BCUT2D eigenvalue weighted by Gasteiger charge is 2.52. The van der Waals surface area contributed by atoms with Crippen LogP contribution >= 0.6 is 0 Å². The predicted molar refractivity (Wildman–Crippen MR) is 83.7 cm³/mol. The molecule has 0 aromatic rings. The van der Waals surface area contributed by atoms with Gasteiger partial charge in [0.25, 0.3) is 0 Å². The minimum atomic E-state index is -0.595. The van der Waals surface area contributed by atoms with Crippen LogP contribution in [0.5, 0.6) is 0 Å². The molecule has 4 heteroatoms. The number of hydrogen-bond acceptors (Lipinski definition) is 2. The third-order valence-corrected chi connectivity index (χ3v) is 4.72. The van der Waals surface area contributed by atoms with Crippen LogP contribution in [0.4, 0.5) is 0 Å². The van der Waals surface area contributed by atoms with E-state index in [0.717, 1.165) is 32.1 Å². The Hall–Kier alpha value is -1.32. The highest BCUT2D eigenvalue weighted by molar-refractivity contribution is 6.00. The van der Waals surface area contributed by atoms with Gasteiger partial charge in [-0.2, -0.15) is 0 Å². The normalized spacial score (nSPS) is 25.9. The van der Waals surface area contributed by atoms with Crippen LogP contribution in [0, 0.1) is 5.92 Å². The summed E-state index contributed by atoms with van der Waals surface area (Å²) in [5, 5.41) is 3.01. The summed E-state index contributed by atoms with van der Waals surface area (Å²) in [7, 11) is 0. The van der Waals surface area contributed by atoms with Gasteiger partial charge in [0.2, 0.25) is 11.8 Å². The lowest BCUT2D eigenvalue weighted by molar-refractivity contribution is -0.159. The van der Waals surface area contributed by atoms with Gasteiger partial charge in [0.15, 0.2) is 0 Å². The second kappa shape index (κ2) is 6.63. The molecule has 1 spiro atoms. The van der Waals surface area contributed by atoms with Gasteiger partial charge in [-0.05, 0) is 32.1 Å². The molecule has 1 heterocycles. The van der Waals surface area contributed by atoms with E-state index in [-0.39, 0.29) is 17.9 Å². The molecule has 1 aliphatic heterocycles. The minimum absolute atomic E-state index is 0.0666. The molecule has 1 saturated carbocycles. The second-order valence-corrected chi connectivity index (χ2v) is 6.77. The molecule has 2 fully saturated rings. The van der Waals surface area contributed by atoms with Crippen LogP contribution < -0.4 is 5.32 Å². The Labute approximate surface area is 128 Å². The Bertz CT molecular complexity index is 423. The van der Waals surface area contributed by atoms with Gasteiger partial charge in [0.05, 0.1) is 0 Å². The van der Waals surface area contributed by atoms with Crippen molar-refractivity contribution < 1.29 is 9.59 Å². The monoisotopic (exact) mass is 292 g/mol. The smallest absolute Gasteiger partial charge is 0.246 e. The molecule has 2 aliphatic rings. The topological polar surface area (TPSA) is 49.4 Å². The van der Waals surface area contributed by atoms with Gasteiger partial charge in [-0.3, -0.25) is 9.59 Å². The predicted octanol–water partition coefficient (Wildman–Crippen LogP) is 2.64. The van der Waals surface area contributed by atoms with Gasteiger partial charge < -0.3 is 10.2 Å². The lowest BCUT2D eigenvalue weighted by Crippen LogP contribution is -2.71. The first-order valence-corrected chi connectivity index (χ1v) is 8.25. The van der Waals surface area contributed by atoms with Gasteiger partial charge >= 0.3 is 0 Å². The van der Waals surface area contributed by atoms with Crippen molar-refractivity contribution in [3.8, 4) is 0 Å². The SMILES string of the molecule is C/C=C/CN1C(=O)C(CC(C)C)NC(=O)C12CCCCC2. The Balaban J connectivity index is 2.28. The fourth-order valence-corrected chi connectivity index (χ4v) is 3.62. The molecule has 2 rings (SSSR count). The van der Waals surface area contributed by atoms with E-state index in [1.54, 1.807) is 0 Å². The van der Waals surface area contributed by atoms with E-state index < -0.39 is 5.54 Å². The third kappa shape index (κ3) is 3.14. The Morgan fingerprint density at radius 1 is 1.29 bits per heavy atom. The van der Waals surface area contributed by atoms with Gasteiger partial charge in [-0.25, -0.2) is 0 Å². The van der Waals surface area contributed by atoms with Gasteiger partial charge in [-0.1, -0.05) is 45.3 Å². The van der Waals surface area contributed by atoms with Crippen LogP contribution in [-0.4, -0.2) is 34.8 Å². The minimum Gasteiger partial charge on any atom is -0.342 e. The first-order chi connectivity index (χ1) is 10.0. The number of carbonyl (C=O) groups excluding carboxylic acids is 2. The molecule has 0 aromatic carbocycles. The summed E-state index contributed by atoms with van der Waals surface area (Å²) in [6, 6.07) is -0.352. The molecule has 2 amide bonds. The van der Waals surface area contributed by atoms with Gasteiger partial charge in [0.1, 0.15) is 11.6 Å². The summed E-state index contributed by atoms with van der Waals surface area (Å²) >= 11 is 0. The van der Waals surface area contributed by atoms with E-state index in [2.05, 4.69) is 19.2 Å². The molecule has 0 bridgehead atoms. The number of piperazine rings is 1. The Morgan fingerprint density at radius 2 is 1.95 bits per heavy atom. The number of hydrogen-bond donors (Lipinski definition) is 1. The molecule has 21 heavy (non-hydrogen) atoms. The van der Waals surface area contributed by atoms with Crippen molar-refractivity contribution in [2.75, 3.05) is 6.54 Å². The van der Waals surface area contributed by atoms with Crippen LogP contribution in [0.25, 0.3) is 0 Å². The maximum atomic E-state index is 12.9. The average molecular weight is 292 g/mol. The molecular weight excluding hydrogens is 264 g/mol. The van der Waals surface area contributed by atoms with Crippen molar-refractivity contribution >= 4 is 11.8 Å². The maximum absolute atomic E-state index is 12.9. The van der Waals surface area contributed by atoms with Crippen molar-refractivity contribution in [1.29, 1.82) is 0 Å². The number of rotatable bonds is 4. The van der Waals surface area contributed by atoms with E-state index in [1.807, 2.05) is 24.0 Å². The Kier molecular flexibility index (Phi) is 5.07. The maximum Gasteiger partial charge on any atom is 0.246 e. The van der Waals surface area contributed by atoms with Crippen LogP contribution in [0.3, 0.4) is 0 Å². The van der Waals surface area contributed by atoms with E-state index >= 15 is 0 Å². The number of nitrogens with one attached hydrogen (secondary N) is 1. The van der Waals surface area contributed by atoms with Gasteiger partial charge in [-0.15, -0.1) is 0 Å². The number of allylic oxidation sites excluding steroid dienone is 1. The van der Waals surface area contributed by atoms with Crippen molar-refractivity contribution in [1.82, 2.24) is 10.2 Å². The quantitative estimate of drug-likeness (QED) is 0.810. The number of nitrogens with zero attached hydrogens (tertiary/aromatic N) is 1. The standard InChI is InChI=1S/C17H28N2O2/c1-4-5-11-19-15(20)14(12-13(2)3)18-16(21)17(19)9-7-6-8-10-17/h4-5,13-14H,6-12H2,1-3H3,(H,18,21)/b5-4+. The second-order valence-electron chi connectivity index (χ2n) is 6.77. The summed E-state index contributed by atoms with van der Waals surface area (Å²) in [6.07, 6.45) is 9.48. The summed E-state index contributed by atoms with van der Waals surface area (Å²) in [4.78, 5) is 27.5. The first-order valence-electron chi connectivity index (χ1n) is 8.25. The van der Waals surface area contributed by atoms with Crippen molar-refractivity contribution in [3.05, 3.63) is 12.2 Å². The highest BCUT2D eigenvalue weighted by atomic mass is 16.2. The molecule has 1 saturated heterocycles. The average Bonchev–Trinajstić information content (AvgIpc) is 2.45. The molecule has 0 aromatic heterocycles. The molecule has 1 aliphatic carbocycles. The van der Waals surface area contributed by atoms with Crippen molar-refractivity contribution in [2.24, 2.45) is 5.92 Å². The molecule has 118 valence electrons. The van der Waals surface area contributed by atoms with E-state index in [9.17, 15) is 9.59 Å². The molecular formula is C17H28N2O2. The fraction of sp³-hybridized carbons (Fsp3) is 0.765. The lowest BCUT2D eigenvalue weighted by atomic mass is 9.77. The van der Waals surface area contributed by atoms with Crippen LogP contribution in [0.2, 0.25) is 0 Å². The lowest BCUT2D eigenvalue weighted by Gasteiger charge is -2.50. The zero-order valence-electron chi connectivity index (χ0n) is 13.5. The zero-order chi connectivity index (χ0) is 15.5. The largest absolute Gasteiger partial charge is 0.342 e. The molecule has 1 N–H and O–H groups in total. The summed E-state index contributed by atoms with van der Waals surface area (Å²) < 4.78 is 0. The number of amides is 2. The molecule has 1 unspecified atom stereocenters. The van der Waals surface area contributed by atoms with Crippen LogP contribution in [-0.2, 0) is 9.59 Å². The summed E-state index contributed by atoms with van der Waals surface area (Å²) in [5.74, 6) is 0.559. The zero-order valence-corrected chi connectivity index (χ0v) is 13.5. The fourth-order valence-electron chi connectivity index (χ4n) is 3.62. The first kappa shape index (κ1) is 16.1. The van der Waals surface area contributed by atoms with Crippen LogP contribution in [0.1, 0.15) is 59.3 Å². The van der Waals surface area contributed by atoms with Crippen molar-refractivity contribution in [2.45, 2.75) is 70.9 Å². The number of carbonyl (C=O) groups is 2. The summed E-state index contributed by atoms with van der Waals surface area (Å²) in [6.45, 7) is 6.67. The van der Waals surface area contributed by atoms with Crippen molar-refractivity contribution in [3.63, 3.8) is 0 Å². The van der Waals surface area contributed by atoms with E-state index in [0.29, 0.717) is 18.9 Å². The Morgan fingerprint density at radius 3 is 2.52 bits per heavy atom. The van der Waals surface area contributed by atoms with E-state index in [4.69, 9.17) is 0 Å². The molecule has 4 nitrogen and oxygen atoms in total. The summed E-state index contributed by atoms with van der Waals surface area (Å²) in [5.41, 5.74) is -0.595. The van der Waals surface area contributed by atoms with E-state index in [1.165, 1.54) is 0 Å². The highest BCUT2D eigenvalue weighted by Crippen LogP contribution is 2.37.